The zero-order valence-corrected chi connectivity index (χ0v) is 10.00. The third-order valence-electron chi connectivity index (χ3n) is 2.38. The van der Waals surface area contributed by atoms with Crippen LogP contribution < -0.4 is 22.9 Å². The molecule has 88 valence electrons. The molecule has 0 radical (unpaired) electrons. The van der Waals surface area contributed by atoms with Crippen molar-refractivity contribution in [3.8, 4) is 0 Å². The van der Waals surface area contributed by atoms with E-state index in [0.717, 1.165) is 9.79 Å². The van der Waals surface area contributed by atoms with E-state index in [1.807, 2.05) is 30.3 Å². The molecule has 0 heterocycles. The molecule has 2 aromatic carbocycles. The quantitative estimate of drug-likeness (QED) is 0.608. The van der Waals surface area contributed by atoms with Gasteiger partial charge < -0.3 is 22.9 Å². The maximum Gasteiger partial charge on any atom is 0.0794 e. The first kappa shape index (κ1) is 11.5. The lowest BCUT2D eigenvalue weighted by molar-refractivity contribution is 1.41. The molecular weight excluding hydrogens is 232 g/mol. The minimum Gasteiger partial charge on any atom is -0.398 e. The second kappa shape index (κ2) is 4.47. The molecule has 0 atom stereocenters. The molecule has 2 aromatic rings. The molecule has 0 unspecified atom stereocenters. The SMILES string of the molecule is Nc1cc(N)c(Sc2ccccc2)c(N)c1N. The second-order valence-corrected chi connectivity index (χ2v) is 4.71. The van der Waals surface area contributed by atoms with E-state index in [9.17, 15) is 0 Å². The monoisotopic (exact) mass is 246 g/mol. The molecule has 0 amide bonds. The van der Waals surface area contributed by atoms with Gasteiger partial charge in [-0.2, -0.15) is 0 Å². The molecule has 0 aliphatic heterocycles. The van der Waals surface area contributed by atoms with Crippen molar-refractivity contribution >= 4 is 34.5 Å². The summed E-state index contributed by atoms with van der Waals surface area (Å²) in [5, 5.41) is 0. The van der Waals surface area contributed by atoms with Crippen LogP contribution in [0.4, 0.5) is 22.7 Å². The van der Waals surface area contributed by atoms with Gasteiger partial charge in [0.25, 0.3) is 0 Å². The molecule has 0 aliphatic carbocycles. The van der Waals surface area contributed by atoms with Gasteiger partial charge in [0.15, 0.2) is 0 Å². The van der Waals surface area contributed by atoms with E-state index in [-0.39, 0.29) is 0 Å². The first-order chi connectivity index (χ1) is 8.09. The van der Waals surface area contributed by atoms with Gasteiger partial charge in [0.1, 0.15) is 0 Å². The van der Waals surface area contributed by atoms with Crippen LogP contribution in [-0.2, 0) is 0 Å². The molecule has 0 saturated heterocycles. The average Bonchev–Trinajstić information content (AvgIpc) is 2.33. The minimum absolute atomic E-state index is 0.387. The largest absolute Gasteiger partial charge is 0.398 e. The number of benzene rings is 2. The van der Waals surface area contributed by atoms with E-state index in [4.69, 9.17) is 22.9 Å². The molecule has 0 aromatic heterocycles. The molecular formula is C12H14N4S. The van der Waals surface area contributed by atoms with Crippen molar-refractivity contribution < 1.29 is 0 Å². The Kier molecular flexibility index (Phi) is 3.01. The van der Waals surface area contributed by atoms with Gasteiger partial charge in [-0.3, -0.25) is 0 Å². The van der Waals surface area contributed by atoms with Crippen LogP contribution in [0, 0.1) is 0 Å². The first-order valence-corrected chi connectivity index (χ1v) is 5.87. The maximum atomic E-state index is 5.93. The van der Waals surface area contributed by atoms with Gasteiger partial charge in [0, 0.05) is 10.6 Å². The fourth-order valence-corrected chi connectivity index (χ4v) is 2.39. The van der Waals surface area contributed by atoms with E-state index in [1.165, 1.54) is 11.8 Å². The predicted octanol–water partition coefficient (Wildman–Crippen LogP) is 2.17. The third kappa shape index (κ3) is 2.24. The van der Waals surface area contributed by atoms with Gasteiger partial charge in [0.05, 0.1) is 22.0 Å². The summed E-state index contributed by atoms with van der Waals surface area (Å²) in [6.07, 6.45) is 0. The number of nitrogens with two attached hydrogens (primary N) is 4. The van der Waals surface area contributed by atoms with Crippen molar-refractivity contribution in [2.75, 3.05) is 22.9 Å². The smallest absolute Gasteiger partial charge is 0.0794 e. The van der Waals surface area contributed by atoms with Gasteiger partial charge in [-0.05, 0) is 18.2 Å². The van der Waals surface area contributed by atoms with E-state index in [2.05, 4.69) is 0 Å². The topological polar surface area (TPSA) is 104 Å². The van der Waals surface area contributed by atoms with Crippen LogP contribution in [0.2, 0.25) is 0 Å². The highest BCUT2D eigenvalue weighted by atomic mass is 32.2. The van der Waals surface area contributed by atoms with Gasteiger partial charge in [0.2, 0.25) is 0 Å². The van der Waals surface area contributed by atoms with Crippen molar-refractivity contribution in [1.82, 2.24) is 0 Å². The third-order valence-corrected chi connectivity index (χ3v) is 3.55. The standard InChI is InChI=1S/C12H14N4S/c13-8-6-9(14)12(11(16)10(8)15)17-7-4-2-1-3-5-7/h1-6H,13-16H2. The fourth-order valence-electron chi connectivity index (χ4n) is 1.46. The van der Waals surface area contributed by atoms with Crippen molar-refractivity contribution in [3.05, 3.63) is 36.4 Å². The summed E-state index contributed by atoms with van der Waals surface area (Å²) in [5.74, 6) is 0. The zero-order valence-electron chi connectivity index (χ0n) is 9.18. The lowest BCUT2D eigenvalue weighted by Gasteiger charge is -2.13. The Morgan fingerprint density at radius 1 is 0.765 bits per heavy atom. The zero-order chi connectivity index (χ0) is 12.4. The Hall–Kier alpha value is -2.01. The van der Waals surface area contributed by atoms with Crippen molar-refractivity contribution in [1.29, 1.82) is 0 Å². The Labute approximate surface area is 104 Å². The number of hydrogen-bond donors (Lipinski definition) is 4. The molecule has 0 saturated carbocycles. The Morgan fingerprint density at radius 3 is 2.06 bits per heavy atom. The normalized spacial score (nSPS) is 10.4. The number of rotatable bonds is 2. The van der Waals surface area contributed by atoms with Crippen LogP contribution in [0.1, 0.15) is 0 Å². The molecule has 0 spiro atoms. The summed E-state index contributed by atoms with van der Waals surface area (Å²) < 4.78 is 0. The summed E-state index contributed by atoms with van der Waals surface area (Å²) in [5.41, 5.74) is 25.1. The highest BCUT2D eigenvalue weighted by molar-refractivity contribution is 7.99. The molecule has 2 rings (SSSR count). The van der Waals surface area contributed by atoms with Gasteiger partial charge >= 0.3 is 0 Å². The summed E-state index contributed by atoms with van der Waals surface area (Å²) in [6.45, 7) is 0. The van der Waals surface area contributed by atoms with Crippen LogP contribution in [0.15, 0.2) is 46.2 Å². The highest BCUT2D eigenvalue weighted by Gasteiger charge is 2.11. The lowest BCUT2D eigenvalue weighted by Crippen LogP contribution is -2.04. The van der Waals surface area contributed by atoms with E-state index in [1.54, 1.807) is 6.07 Å². The predicted molar refractivity (Wildman–Crippen MR) is 74.7 cm³/mol. The summed E-state index contributed by atoms with van der Waals surface area (Å²) in [6, 6.07) is 11.5. The lowest BCUT2D eigenvalue weighted by atomic mass is 10.2. The highest BCUT2D eigenvalue weighted by Crippen LogP contribution is 2.41. The minimum atomic E-state index is 0.387. The van der Waals surface area contributed by atoms with Crippen molar-refractivity contribution in [2.45, 2.75) is 9.79 Å². The summed E-state index contributed by atoms with van der Waals surface area (Å²) >= 11 is 1.48. The molecule has 17 heavy (non-hydrogen) atoms. The molecule has 8 N–H and O–H groups in total. The molecule has 0 fully saturated rings. The van der Waals surface area contributed by atoms with Gasteiger partial charge in [-0.15, -0.1) is 0 Å². The van der Waals surface area contributed by atoms with Gasteiger partial charge in [-0.1, -0.05) is 30.0 Å². The van der Waals surface area contributed by atoms with E-state index >= 15 is 0 Å². The Morgan fingerprint density at radius 2 is 1.41 bits per heavy atom. The van der Waals surface area contributed by atoms with E-state index < -0.39 is 0 Å². The molecule has 4 nitrogen and oxygen atoms in total. The summed E-state index contributed by atoms with van der Waals surface area (Å²) in [4.78, 5) is 1.80. The molecule has 0 bridgehead atoms. The number of anilines is 4. The second-order valence-electron chi connectivity index (χ2n) is 3.63. The number of hydrogen-bond acceptors (Lipinski definition) is 5. The van der Waals surface area contributed by atoms with Crippen molar-refractivity contribution in [3.63, 3.8) is 0 Å². The van der Waals surface area contributed by atoms with E-state index in [0.29, 0.717) is 22.7 Å². The Bertz CT molecular complexity index is 540. The van der Waals surface area contributed by atoms with Crippen LogP contribution in [0.25, 0.3) is 0 Å². The van der Waals surface area contributed by atoms with Crippen LogP contribution >= 0.6 is 11.8 Å². The van der Waals surface area contributed by atoms with Crippen LogP contribution in [0.3, 0.4) is 0 Å². The van der Waals surface area contributed by atoms with Crippen molar-refractivity contribution in [2.24, 2.45) is 0 Å². The summed E-state index contributed by atoms with van der Waals surface area (Å²) in [7, 11) is 0. The number of nitrogen functional groups attached to an aromatic ring is 4. The van der Waals surface area contributed by atoms with Crippen LogP contribution in [-0.4, -0.2) is 0 Å². The van der Waals surface area contributed by atoms with Gasteiger partial charge in [-0.25, -0.2) is 0 Å². The Balaban J connectivity index is 2.43. The molecule has 5 heteroatoms. The fraction of sp³-hybridized carbons (Fsp3) is 0. The average molecular weight is 246 g/mol. The molecule has 0 aliphatic rings. The first-order valence-electron chi connectivity index (χ1n) is 5.05. The van der Waals surface area contributed by atoms with Crippen LogP contribution in [0.5, 0.6) is 0 Å². The maximum absolute atomic E-state index is 5.93.